The Labute approximate surface area is 221 Å². The van der Waals surface area contributed by atoms with Crippen molar-refractivity contribution in [3.63, 3.8) is 0 Å². The number of nitriles is 1. The van der Waals surface area contributed by atoms with Gasteiger partial charge < -0.3 is 15.1 Å². The van der Waals surface area contributed by atoms with Crippen molar-refractivity contribution in [3.05, 3.63) is 47.4 Å². The van der Waals surface area contributed by atoms with Gasteiger partial charge >= 0.3 is 6.18 Å². The molecule has 0 bridgehead atoms. The molecule has 3 heterocycles. The Balaban J connectivity index is 1.69. The third-order valence-electron chi connectivity index (χ3n) is 7.42. The molecule has 2 aromatic heterocycles. The second-order valence-electron chi connectivity index (χ2n) is 11.5. The van der Waals surface area contributed by atoms with E-state index in [1.54, 1.807) is 12.1 Å². The summed E-state index contributed by atoms with van der Waals surface area (Å²) in [5, 5.41) is 19.5. The normalized spacial score (nSPS) is 17.6. The average molecular weight is 544 g/mol. The van der Waals surface area contributed by atoms with E-state index in [0.29, 0.717) is 30.0 Å². The fraction of sp³-hybridized carbons (Fsp3) is 0.462. The molecule has 1 atom stereocenters. The minimum Gasteiger partial charge on any atom is -0.416 e. The summed E-state index contributed by atoms with van der Waals surface area (Å²) in [6.07, 6.45) is -1.94. The van der Waals surface area contributed by atoms with Crippen LogP contribution in [0.3, 0.4) is 0 Å². The summed E-state index contributed by atoms with van der Waals surface area (Å²) in [5.74, 6) is -0.0119. The van der Waals surface area contributed by atoms with Gasteiger partial charge in [0.25, 0.3) is 0 Å². The lowest BCUT2D eigenvalue weighted by atomic mass is 9.83. The predicted molar refractivity (Wildman–Crippen MR) is 143 cm³/mol. The minimum absolute atomic E-state index is 0.0119. The topological polar surface area (TPSA) is 101 Å². The van der Waals surface area contributed by atoms with E-state index in [0.717, 1.165) is 15.9 Å². The Hall–Kier alpha value is -3.43. The molecule has 0 spiro atoms. The van der Waals surface area contributed by atoms with Gasteiger partial charge in [0, 0.05) is 43.6 Å². The Morgan fingerprint density at radius 3 is 2.61 bits per heavy atom. The number of hydrogen-bond acceptors (Lipinski definition) is 7. The number of hydrogen-bond donors (Lipinski definition) is 2. The van der Waals surface area contributed by atoms with Gasteiger partial charge in [-0.05, 0) is 41.9 Å². The molecule has 202 valence electrons. The van der Waals surface area contributed by atoms with E-state index in [9.17, 15) is 18.4 Å². The molecule has 1 aliphatic heterocycles. The second-order valence-corrected chi connectivity index (χ2v) is 16.3. The summed E-state index contributed by atoms with van der Waals surface area (Å²) in [4.78, 5) is 8.55. The Bertz CT molecular complexity index is 1410. The van der Waals surface area contributed by atoms with E-state index >= 15 is 0 Å². The van der Waals surface area contributed by atoms with Crippen molar-refractivity contribution in [2.45, 2.75) is 57.4 Å². The van der Waals surface area contributed by atoms with Crippen LogP contribution in [0.25, 0.3) is 11.3 Å². The fourth-order valence-corrected chi connectivity index (χ4v) is 5.21. The molecule has 8 nitrogen and oxygen atoms in total. The maximum absolute atomic E-state index is 13.4. The lowest BCUT2D eigenvalue weighted by Gasteiger charge is -2.39. The molecule has 2 N–H and O–H groups in total. The van der Waals surface area contributed by atoms with E-state index in [4.69, 9.17) is 4.43 Å². The number of aromatic nitrogens is 4. The molecule has 1 aliphatic rings. The molecule has 0 aliphatic carbocycles. The molecular weight excluding hydrogens is 511 g/mol. The number of rotatable bonds is 6. The largest absolute Gasteiger partial charge is 0.437 e. The second kappa shape index (κ2) is 9.39. The van der Waals surface area contributed by atoms with Gasteiger partial charge in [-0.15, -0.1) is 0 Å². The monoisotopic (exact) mass is 543 g/mol. The van der Waals surface area contributed by atoms with Crippen molar-refractivity contribution >= 4 is 25.6 Å². The highest BCUT2D eigenvalue weighted by Gasteiger charge is 2.42. The van der Waals surface area contributed by atoms with Crippen LogP contribution in [0, 0.1) is 11.3 Å². The molecular formula is C26H32F3N7OSi. The van der Waals surface area contributed by atoms with Crippen LogP contribution < -0.4 is 10.6 Å². The van der Waals surface area contributed by atoms with Crippen LogP contribution in [0.1, 0.15) is 44.5 Å². The van der Waals surface area contributed by atoms with Gasteiger partial charge in [-0.3, -0.25) is 4.68 Å². The zero-order chi connectivity index (χ0) is 28.1. The van der Waals surface area contributed by atoms with Crippen molar-refractivity contribution < 1.29 is 17.6 Å². The van der Waals surface area contributed by atoms with Gasteiger partial charge in [-0.1, -0.05) is 27.7 Å². The quantitative estimate of drug-likeness (QED) is 0.356. The number of fused-ring (bicyclic) bond motifs is 1. The SMILES string of the molecule is Cn1cc(Nc2nccc(-c3cc(C#N)c4c(c3)[C@@](C)(CO[Si](C)(C)C(C)(C)C)CN4)n2)c(C(F)(F)F)n1. The highest BCUT2D eigenvalue weighted by molar-refractivity contribution is 6.74. The first-order valence-corrected chi connectivity index (χ1v) is 15.1. The molecule has 0 radical (unpaired) electrons. The maximum Gasteiger partial charge on any atom is 0.437 e. The molecule has 3 aromatic rings. The van der Waals surface area contributed by atoms with Gasteiger partial charge in [0.05, 0.1) is 22.6 Å². The number of aryl methyl sites for hydroxylation is 1. The summed E-state index contributed by atoms with van der Waals surface area (Å²) in [6, 6.07) is 7.62. The summed E-state index contributed by atoms with van der Waals surface area (Å²) in [5.41, 5.74) is 1.64. The molecule has 4 rings (SSSR count). The lowest BCUT2D eigenvalue weighted by Crippen LogP contribution is -2.45. The molecule has 1 aromatic carbocycles. The molecule has 0 unspecified atom stereocenters. The average Bonchev–Trinajstić information content (AvgIpc) is 3.36. The first kappa shape index (κ1) is 27.6. The van der Waals surface area contributed by atoms with Crippen molar-refractivity contribution in [3.8, 4) is 17.3 Å². The third kappa shape index (κ3) is 5.26. The van der Waals surface area contributed by atoms with Gasteiger partial charge in [0.1, 0.15) is 6.07 Å². The lowest BCUT2D eigenvalue weighted by molar-refractivity contribution is -0.140. The Kier molecular flexibility index (Phi) is 6.82. The van der Waals surface area contributed by atoms with Gasteiger partial charge in [-0.2, -0.15) is 23.5 Å². The zero-order valence-electron chi connectivity index (χ0n) is 22.6. The van der Waals surface area contributed by atoms with E-state index in [-0.39, 0.29) is 22.1 Å². The molecule has 0 fully saturated rings. The van der Waals surface area contributed by atoms with Crippen LogP contribution in [0.5, 0.6) is 0 Å². The molecule has 0 saturated heterocycles. The number of nitrogens with zero attached hydrogens (tertiary/aromatic N) is 5. The van der Waals surface area contributed by atoms with Crippen LogP contribution in [0.4, 0.5) is 30.5 Å². The van der Waals surface area contributed by atoms with Crippen LogP contribution in [0.15, 0.2) is 30.6 Å². The van der Waals surface area contributed by atoms with E-state index < -0.39 is 20.2 Å². The number of halogens is 3. The van der Waals surface area contributed by atoms with Crippen molar-refractivity contribution in [2.75, 3.05) is 23.8 Å². The fourth-order valence-electron chi connectivity index (χ4n) is 4.10. The van der Waals surface area contributed by atoms with E-state index in [2.05, 4.69) is 72.6 Å². The summed E-state index contributed by atoms with van der Waals surface area (Å²) in [6.45, 7) is 14.2. The molecule has 38 heavy (non-hydrogen) atoms. The number of benzene rings is 1. The minimum atomic E-state index is -4.63. The van der Waals surface area contributed by atoms with Crippen molar-refractivity contribution in [1.82, 2.24) is 19.7 Å². The molecule has 0 saturated carbocycles. The Morgan fingerprint density at radius 1 is 1.26 bits per heavy atom. The van der Waals surface area contributed by atoms with Gasteiger partial charge in [0.2, 0.25) is 5.95 Å². The Morgan fingerprint density at radius 2 is 1.97 bits per heavy atom. The zero-order valence-corrected chi connectivity index (χ0v) is 23.6. The van der Waals surface area contributed by atoms with Gasteiger partial charge in [-0.25, -0.2) is 9.97 Å². The van der Waals surface area contributed by atoms with Crippen LogP contribution >= 0.6 is 0 Å². The highest BCUT2D eigenvalue weighted by Crippen LogP contribution is 2.44. The molecule has 0 amide bonds. The number of anilines is 3. The molecule has 12 heteroatoms. The highest BCUT2D eigenvalue weighted by atomic mass is 28.4. The van der Waals surface area contributed by atoms with Crippen LogP contribution in [-0.4, -0.2) is 41.2 Å². The van der Waals surface area contributed by atoms with Crippen LogP contribution in [-0.2, 0) is 23.1 Å². The standard InChI is InChI=1S/C26H32F3N7OSi/c1-24(2,3)38(6,7)37-15-25(4)14-32-21-17(12-30)10-16(11-18(21)25)19-8-9-31-23(33-19)34-20-13-36(5)35-22(20)26(27,28)29/h8-11,13,32H,14-15H2,1-7H3,(H,31,33,34)/t25-/m1/s1. The summed E-state index contributed by atoms with van der Waals surface area (Å²) < 4.78 is 47.8. The summed E-state index contributed by atoms with van der Waals surface area (Å²) >= 11 is 0. The van der Waals surface area contributed by atoms with E-state index in [1.165, 1.54) is 19.4 Å². The first-order valence-electron chi connectivity index (χ1n) is 12.2. The number of nitrogens with one attached hydrogen (secondary N) is 2. The van der Waals surface area contributed by atoms with Crippen molar-refractivity contribution in [1.29, 1.82) is 5.26 Å². The summed E-state index contributed by atoms with van der Waals surface area (Å²) in [7, 11) is -0.602. The van der Waals surface area contributed by atoms with Crippen molar-refractivity contribution in [2.24, 2.45) is 7.05 Å². The third-order valence-corrected chi connectivity index (χ3v) is 11.9. The van der Waals surface area contributed by atoms with E-state index in [1.807, 2.05) is 6.07 Å². The predicted octanol–water partition coefficient (Wildman–Crippen LogP) is 6.22. The van der Waals surface area contributed by atoms with Crippen LogP contribution in [0.2, 0.25) is 18.1 Å². The maximum atomic E-state index is 13.4. The van der Waals surface area contributed by atoms with Gasteiger partial charge in [0.15, 0.2) is 14.0 Å². The number of alkyl halides is 3. The smallest absolute Gasteiger partial charge is 0.416 e. The first-order chi connectivity index (χ1) is 17.5.